The summed E-state index contributed by atoms with van der Waals surface area (Å²) in [6.45, 7) is 0.514. The van der Waals surface area contributed by atoms with Crippen LogP contribution in [0.15, 0.2) is 47.2 Å². The zero-order valence-corrected chi connectivity index (χ0v) is 10.7. The van der Waals surface area contributed by atoms with Crippen molar-refractivity contribution in [2.75, 3.05) is 6.61 Å². The van der Waals surface area contributed by atoms with Gasteiger partial charge in [-0.25, -0.2) is 4.39 Å². The van der Waals surface area contributed by atoms with Crippen molar-refractivity contribution in [3.05, 3.63) is 58.6 Å². The number of benzene rings is 1. The van der Waals surface area contributed by atoms with Crippen LogP contribution in [0.2, 0.25) is 0 Å². The van der Waals surface area contributed by atoms with Crippen LogP contribution >= 0.6 is 15.9 Å². The molecule has 0 saturated heterocycles. The number of ether oxygens (including phenoxy) is 1. The van der Waals surface area contributed by atoms with E-state index in [0.717, 1.165) is 12.0 Å². The second-order valence-corrected chi connectivity index (χ2v) is 4.47. The summed E-state index contributed by atoms with van der Waals surface area (Å²) in [5, 5.41) is 0. The van der Waals surface area contributed by atoms with Crippen molar-refractivity contribution in [2.45, 2.75) is 6.42 Å². The Labute approximate surface area is 108 Å². The standard InChI is InChI=1S/C13H11BrFNO/c14-11-7-12(15)9-13(8-11)17-6-3-10-1-4-16-5-2-10/h1-2,4-5,7-9H,3,6H2. The highest BCUT2D eigenvalue weighted by Crippen LogP contribution is 2.20. The van der Waals surface area contributed by atoms with Crippen LogP contribution in [-0.4, -0.2) is 11.6 Å². The van der Waals surface area contributed by atoms with Gasteiger partial charge in [0.15, 0.2) is 0 Å². The molecule has 0 aliphatic heterocycles. The molecule has 0 saturated carbocycles. The molecular weight excluding hydrogens is 285 g/mol. The Morgan fingerprint density at radius 1 is 1.18 bits per heavy atom. The van der Waals surface area contributed by atoms with Crippen molar-refractivity contribution in [2.24, 2.45) is 0 Å². The molecule has 0 aliphatic carbocycles. The molecule has 0 N–H and O–H groups in total. The molecule has 2 aromatic rings. The molecule has 17 heavy (non-hydrogen) atoms. The fourth-order valence-corrected chi connectivity index (χ4v) is 1.89. The van der Waals surface area contributed by atoms with E-state index in [9.17, 15) is 4.39 Å². The molecule has 0 radical (unpaired) electrons. The fourth-order valence-electron chi connectivity index (χ4n) is 1.45. The number of rotatable bonds is 4. The molecule has 4 heteroatoms. The molecule has 0 spiro atoms. The van der Waals surface area contributed by atoms with Crippen molar-refractivity contribution < 1.29 is 9.13 Å². The molecule has 2 nitrogen and oxygen atoms in total. The lowest BCUT2D eigenvalue weighted by molar-refractivity contribution is 0.320. The summed E-state index contributed by atoms with van der Waals surface area (Å²) in [7, 11) is 0. The maximum absolute atomic E-state index is 13.1. The predicted octanol–water partition coefficient (Wildman–Crippen LogP) is 3.60. The Hall–Kier alpha value is -1.42. The maximum atomic E-state index is 13.1. The summed E-state index contributed by atoms with van der Waals surface area (Å²) in [5.41, 5.74) is 1.15. The van der Waals surface area contributed by atoms with Crippen LogP contribution in [0.1, 0.15) is 5.56 Å². The van der Waals surface area contributed by atoms with Gasteiger partial charge in [0.25, 0.3) is 0 Å². The predicted molar refractivity (Wildman–Crippen MR) is 67.5 cm³/mol. The fraction of sp³-hybridized carbons (Fsp3) is 0.154. The van der Waals surface area contributed by atoms with Gasteiger partial charge in [-0.3, -0.25) is 4.98 Å². The van der Waals surface area contributed by atoms with Gasteiger partial charge in [0.1, 0.15) is 11.6 Å². The Kier molecular flexibility index (Phi) is 4.09. The van der Waals surface area contributed by atoms with Gasteiger partial charge in [0.2, 0.25) is 0 Å². The third-order valence-electron chi connectivity index (χ3n) is 2.24. The van der Waals surface area contributed by atoms with Gasteiger partial charge in [-0.1, -0.05) is 15.9 Å². The highest BCUT2D eigenvalue weighted by Gasteiger charge is 2.00. The first-order valence-electron chi connectivity index (χ1n) is 5.22. The number of hydrogen-bond donors (Lipinski definition) is 0. The van der Waals surface area contributed by atoms with E-state index in [1.165, 1.54) is 12.1 Å². The van der Waals surface area contributed by atoms with Gasteiger partial charge in [-0.15, -0.1) is 0 Å². The molecule has 1 aromatic heterocycles. The maximum Gasteiger partial charge on any atom is 0.128 e. The van der Waals surface area contributed by atoms with Crippen molar-refractivity contribution >= 4 is 15.9 Å². The van der Waals surface area contributed by atoms with Gasteiger partial charge in [0.05, 0.1) is 6.61 Å². The minimum absolute atomic E-state index is 0.307. The van der Waals surface area contributed by atoms with E-state index in [1.54, 1.807) is 18.5 Å². The Morgan fingerprint density at radius 2 is 1.94 bits per heavy atom. The molecule has 0 amide bonds. The lowest BCUT2D eigenvalue weighted by Gasteiger charge is -2.06. The van der Waals surface area contributed by atoms with Crippen LogP contribution in [0, 0.1) is 5.82 Å². The summed E-state index contributed by atoms with van der Waals surface area (Å²) in [6, 6.07) is 8.39. The summed E-state index contributed by atoms with van der Waals surface area (Å²) in [6.07, 6.45) is 4.26. The molecule has 88 valence electrons. The Bertz CT molecular complexity index is 470. The van der Waals surface area contributed by atoms with Crippen molar-refractivity contribution in [3.63, 3.8) is 0 Å². The zero-order valence-electron chi connectivity index (χ0n) is 9.07. The van der Waals surface area contributed by atoms with E-state index in [4.69, 9.17) is 4.74 Å². The van der Waals surface area contributed by atoms with Crippen molar-refractivity contribution in [1.29, 1.82) is 0 Å². The van der Waals surface area contributed by atoms with Gasteiger partial charge in [0, 0.05) is 29.4 Å². The molecule has 0 bridgehead atoms. The number of halogens is 2. The zero-order chi connectivity index (χ0) is 12.1. The summed E-state index contributed by atoms with van der Waals surface area (Å²) >= 11 is 3.22. The van der Waals surface area contributed by atoms with Crippen LogP contribution in [0.25, 0.3) is 0 Å². The van der Waals surface area contributed by atoms with E-state index in [-0.39, 0.29) is 5.82 Å². The summed E-state index contributed by atoms with van der Waals surface area (Å²) in [4.78, 5) is 3.94. The van der Waals surface area contributed by atoms with E-state index in [2.05, 4.69) is 20.9 Å². The summed E-state index contributed by atoms with van der Waals surface area (Å²) < 4.78 is 19.2. The second-order valence-electron chi connectivity index (χ2n) is 3.56. The molecule has 0 atom stereocenters. The number of hydrogen-bond acceptors (Lipinski definition) is 2. The third-order valence-corrected chi connectivity index (χ3v) is 2.70. The number of nitrogens with zero attached hydrogens (tertiary/aromatic N) is 1. The van der Waals surface area contributed by atoms with Crippen LogP contribution in [0.4, 0.5) is 4.39 Å². The highest BCUT2D eigenvalue weighted by molar-refractivity contribution is 9.10. The number of pyridine rings is 1. The Morgan fingerprint density at radius 3 is 2.65 bits per heavy atom. The third kappa shape index (κ3) is 3.82. The van der Waals surface area contributed by atoms with Gasteiger partial charge in [-0.2, -0.15) is 0 Å². The van der Waals surface area contributed by atoms with Crippen LogP contribution in [-0.2, 0) is 6.42 Å². The largest absolute Gasteiger partial charge is 0.493 e. The lowest BCUT2D eigenvalue weighted by Crippen LogP contribution is -2.01. The smallest absolute Gasteiger partial charge is 0.128 e. The van der Waals surface area contributed by atoms with Crippen LogP contribution < -0.4 is 4.74 Å². The van der Waals surface area contributed by atoms with E-state index < -0.39 is 0 Å². The molecule has 0 unspecified atom stereocenters. The SMILES string of the molecule is Fc1cc(Br)cc(OCCc2ccncc2)c1. The first kappa shape index (κ1) is 12.0. The molecule has 1 aromatic carbocycles. The lowest BCUT2D eigenvalue weighted by atomic mass is 10.2. The Balaban J connectivity index is 1.90. The van der Waals surface area contributed by atoms with Crippen molar-refractivity contribution in [1.82, 2.24) is 4.98 Å². The molecule has 2 rings (SSSR count). The first-order chi connectivity index (χ1) is 8.24. The van der Waals surface area contributed by atoms with E-state index in [0.29, 0.717) is 16.8 Å². The van der Waals surface area contributed by atoms with Gasteiger partial charge in [-0.05, 0) is 29.8 Å². The minimum Gasteiger partial charge on any atom is -0.493 e. The average Bonchev–Trinajstić information content (AvgIpc) is 2.29. The monoisotopic (exact) mass is 295 g/mol. The molecular formula is C13H11BrFNO. The number of aromatic nitrogens is 1. The minimum atomic E-state index is -0.307. The van der Waals surface area contributed by atoms with Crippen LogP contribution in [0.3, 0.4) is 0 Å². The van der Waals surface area contributed by atoms with Gasteiger partial charge >= 0.3 is 0 Å². The molecule has 1 heterocycles. The molecule has 0 aliphatic rings. The normalized spacial score (nSPS) is 10.2. The highest BCUT2D eigenvalue weighted by atomic mass is 79.9. The van der Waals surface area contributed by atoms with Crippen LogP contribution in [0.5, 0.6) is 5.75 Å². The first-order valence-corrected chi connectivity index (χ1v) is 6.01. The second kappa shape index (κ2) is 5.77. The summed E-state index contributed by atoms with van der Waals surface area (Å²) in [5.74, 6) is 0.226. The van der Waals surface area contributed by atoms with Gasteiger partial charge < -0.3 is 4.74 Å². The van der Waals surface area contributed by atoms with E-state index >= 15 is 0 Å². The molecule has 0 fully saturated rings. The van der Waals surface area contributed by atoms with E-state index in [1.807, 2.05) is 12.1 Å². The van der Waals surface area contributed by atoms with Crippen molar-refractivity contribution in [3.8, 4) is 5.75 Å². The topological polar surface area (TPSA) is 22.1 Å². The average molecular weight is 296 g/mol. The quantitative estimate of drug-likeness (QED) is 0.860.